The van der Waals surface area contributed by atoms with Crippen molar-refractivity contribution >= 4 is 29.3 Å². The van der Waals surface area contributed by atoms with Gasteiger partial charge in [-0.05, 0) is 30.2 Å². The molecule has 1 atom stereocenters. The third-order valence-electron chi connectivity index (χ3n) is 6.59. The van der Waals surface area contributed by atoms with Gasteiger partial charge in [0.15, 0.2) is 0 Å². The van der Waals surface area contributed by atoms with Crippen LogP contribution < -0.4 is 10.6 Å². The largest absolute Gasteiger partial charge is 0.376 e. The molecule has 170 valence electrons. The minimum atomic E-state index is -0.687. The molecule has 0 spiro atoms. The summed E-state index contributed by atoms with van der Waals surface area (Å²) in [6, 6.07) is 11.2. The second-order valence-electron chi connectivity index (χ2n) is 8.60. The minimum absolute atomic E-state index is 0.00387. The van der Waals surface area contributed by atoms with E-state index in [2.05, 4.69) is 10.6 Å². The number of nitrogens with one attached hydrogen (secondary N) is 2. The lowest BCUT2D eigenvalue weighted by molar-refractivity contribution is -0.137. The van der Waals surface area contributed by atoms with Gasteiger partial charge in [0.05, 0.1) is 6.54 Å². The van der Waals surface area contributed by atoms with Gasteiger partial charge in [-0.2, -0.15) is 0 Å². The number of anilines is 1. The average Bonchev–Trinajstić information content (AvgIpc) is 3.09. The predicted molar refractivity (Wildman–Crippen MR) is 117 cm³/mol. The van der Waals surface area contributed by atoms with E-state index in [0.717, 1.165) is 5.56 Å². The molecule has 2 N–H and O–H groups in total. The van der Waals surface area contributed by atoms with Gasteiger partial charge in [0, 0.05) is 48.8 Å². The Morgan fingerprint density at radius 3 is 2.64 bits per heavy atom. The maximum Gasteiger partial charge on any atom is 0.255 e. The molecule has 0 radical (unpaired) electrons. The zero-order valence-electron chi connectivity index (χ0n) is 17.8. The fraction of sp³-hybridized carbons (Fsp3) is 0.333. The molecule has 5 rings (SSSR count). The van der Waals surface area contributed by atoms with Crippen LogP contribution in [0.3, 0.4) is 0 Å². The van der Waals surface area contributed by atoms with E-state index in [4.69, 9.17) is 0 Å². The third-order valence-corrected chi connectivity index (χ3v) is 6.59. The van der Waals surface area contributed by atoms with Crippen LogP contribution in [0.4, 0.5) is 10.1 Å². The molecule has 2 aromatic carbocycles. The Bertz CT molecular complexity index is 1160. The highest BCUT2D eigenvalue weighted by molar-refractivity contribution is 6.06. The minimum Gasteiger partial charge on any atom is -0.376 e. The fourth-order valence-corrected chi connectivity index (χ4v) is 4.72. The van der Waals surface area contributed by atoms with Crippen LogP contribution in [-0.2, 0) is 20.9 Å². The van der Waals surface area contributed by atoms with Crippen molar-refractivity contribution in [3.8, 4) is 0 Å². The Balaban J connectivity index is 1.21. The van der Waals surface area contributed by atoms with Gasteiger partial charge in [-0.15, -0.1) is 0 Å². The van der Waals surface area contributed by atoms with Crippen LogP contribution in [0.2, 0.25) is 0 Å². The monoisotopic (exact) mass is 450 g/mol. The standard InChI is InChI=1S/C24H23FN4O4/c25-18-6-2-1-4-15(18)14-11-28(12-14)22(31)10-26-19-7-3-5-16-17(19)13-29(24(16)33)20-8-9-21(30)27-23(20)32/h1-7,14,20,26H,8-13H2,(H,27,30,32). The van der Waals surface area contributed by atoms with Crippen LogP contribution in [0, 0.1) is 5.82 Å². The Morgan fingerprint density at radius 1 is 1.09 bits per heavy atom. The van der Waals surface area contributed by atoms with Crippen molar-refractivity contribution in [3.63, 3.8) is 0 Å². The van der Waals surface area contributed by atoms with Gasteiger partial charge in [-0.25, -0.2) is 4.39 Å². The summed E-state index contributed by atoms with van der Waals surface area (Å²) in [5.41, 5.74) is 2.51. The van der Waals surface area contributed by atoms with Crippen LogP contribution in [-0.4, -0.2) is 59.1 Å². The SMILES string of the molecule is O=C1CCC(N2Cc3c(NCC(=O)N4CC(c5ccccc5F)C4)cccc3C2=O)C(=O)N1. The first kappa shape index (κ1) is 21.1. The summed E-state index contributed by atoms with van der Waals surface area (Å²) < 4.78 is 13.9. The van der Waals surface area contributed by atoms with E-state index in [1.54, 1.807) is 41.3 Å². The van der Waals surface area contributed by atoms with E-state index in [9.17, 15) is 23.6 Å². The summed E-state index contributed by atoms with van der Waals surface area (Å²) in [6.07, 6.45) is 0.490. The van der Waals surface area contributed by atoms with Crippen molar-refractivity contribution in [2.45, 2.75) is 31.3 Å². The number of carbonyl (C=O) groups is 4. The number of benzene rings is 2. The first-order chi connectivity index (χ1) is 15.9. The zero-order valence-corrected chi connectivity index (χ0v) is 17.8. The van der Waals surface area contributed by atoms with E-state index < -0.39 is 11.9 Å². The molecule has 3 heterocycles. The summed E-state index contributed by atoms with van der Waals surface area (Å²) in [4.78, 5) is 52.4. The molecule has 0 saturated carbocycles. The first-order valence-electron chi connectivity index (χ1n) is 10.9. The van der Waals surface area contributed by atoms with Crippen LogP contribution >= 0.6 is 0 Å². The number of hydrogen-bond donors (Lipinski definition) is 2. The number of hydrogen-bond acceptors (Lipinski definition) is 5. The molecule has 1 unspecified atom stereocenters. The van der Waals surface area contributed by atoms with E-state index in [1.165, 1.54) is 11.0 Å². The predicted octanol–water partition coefficient (Wildman–Crippen LogP) is 1.62. The topological polar surface area (TPSA) is 98.8 Å². The molecule has 2 saturated heterocycles. The maximum atomic E-state index is 13.9. The molecular weight excluding hydrogens is 427 g/mol. The number of carbonyl (C=O) groups excluding carboxylic acids is 4. The van der Waals surface area contributed by atoms with Crippen LogP contribution in [0.15, 0.2) is 42.5 Å². The van der Waals surface area contributed by atoms with Gasteiger partial charge in [0.1, 0.15) is 11.9 Å². The number of halogens is 1. The third kappa shape index (κ3) is 3.83. The molecule has 4 amide bonds. The van der Waals surface area contributed by atoms with Crippen molar-refractivity contribution < 1.29 is 23.6 Å². The van der Waals surface area contributed by atoms with Gasteiger partial charge in [0.2, 0.25) is 17.7 Å². The van der Waals surface area contributed by atoms with Crippen molar-refractivity contribution in [2.75, 3.05) is 25.0 Å². The molecule has 0 bridgehead atoms. The molecule has 9 heteroatoms. The summed E-state index contributed by atoms with van der Waals surface area (Å²) in [7, 11) is 0. The van der Waals surface area contributed by atoms with E-state index >= 15 is 0 Å². The Kier molecular flexibility index (Phi) is 5.32. The van der Waals surface area contributed by atoms with Gasteiger partial charge in [0.25, 0.3) is 5.91 Å². The van der Waals surface area contributed by atoms with Gasteiger partial charge in [-0.1, -0.05) is 24.3 Å². The maximum absolute atomic E-state index is 13.9. The molecule has 2 aromatic rings. The summed E-state index contributed by atoms with van der Waals surface area (Å²) in [5.74, 6) is -1.41. The summed E-state index contributed by atoms with van der Waals surface area (Å²) in [5, 5.41) is 5.41. The molecule has 33 heavy (non-hydrogen) atoms. The fourth-order valence-electron chi connectivity index (χ4n) is 4.72. The molecule has 0 aliphatic carbocycles. The van der Waals surface area contributed by atoms with E-state index in [0.29, 0.717) is 36.3 Å². The van der Waals surface area contributed by atoms with Crippen LogP contribution in [0.1, 0.15) is 40.2 Å². The highest BCUT2D eigenvalue weighted by Gasteiger charge is 2.40. The zero-order chi connectivity index (χ0) is 23.1. The number of nitrogens with zero attached hydrogens (tertiary/aromatic N) is 2. The van der Waals surface area contributed by atoms with Crippen LogP contribution in [0.25, 0.3) is 0 Å². The van der Waals surface area contributed by atoms with Gasteiger partial charge < -0.3 is 15.1 Å². The van der Waals surface area contributed by atoms with Crippen molar-refractivity contribution in [1.82, 2.24) is 15.1 Å². The number of imide groups is 1. The smallest absolute Gasteiger partial charge is 0.255 e. The Morgan fingerprint density at radius 2 is 1.88 bits per heavy atom. The number of piperidine rings is 1. The highest BCUT2D eigenvalue weighted by Crippen LogP contribution is 2.33. The molecule has 2 fully saturated rings. The van der Waals surface area contributed by atoms with E-state index in [1.807, 2.05) is 0 Å². The molecule has 8 nitrogen and oxygen atoms in total. The number of fused-ring (bicyclic) bond motifs is 1. The lowest BCUT2D eigenvalue weighted by Gasteiger charge is -2.39. The van der Waals surface area contributed by atoms with Gasteiger partial charge in [-0.3, -0.25) is 24.5 Å². The normalized spacial score (nSPS) is 20.4. The highest BCUT2D eigenvalue weighted by atomic mass is 19.1. The molecule has 3 aliphatic heterocycles. The van der Waals surface area contributed by atoms with Crippen LogP contribution in [0.5, 0.6) is 0 Å². The quantitative estimate of drug-likeness (QED) is 0.675. The van der Waals surface area contributed by atoms with Crippen molar-refractivity contribution in [1.29, 1.82) is 0 Å². The van der Waals surface area contributed by atoms with Crippen molar-refractivity contribution in [2.24, 2.45) is 0 Å². The molecule has 3 aliphatic rings. The second-order valence-corrected chi connectivity index (χ2v) is 8.60. The Hall–Kier alpha value is -3.75. The number of amides is 4. The average molecular weight is 450 g/mol. The lowest BCUT2D eigenvalue weighted by atomic mass is 9.91. The second kappa shape index (κ2) is 8.31. The van der Waals surface area contributed by atoms with Gasteiger partial charge >= 0.3 is 0 Å². The molecular formula is C24H23FN4O4. The number of likely N-dealkylation sites (tertiary alicyclic amines) is 1. The van der Waals surface area contributed by atoms with E-state index in [-0.39, 0.29) is 49.0 Å². The first-order valence-corrected chi connectivity index (χ1v) is 10.9. The van der Waals surface area contributed by atoms with Crippen molar-refractivity contribution in [3.05, 3.63) is 65.0 Å². The molecule has 0 aromatic heterocycles. The lowest BCUT2D eigenvalue weighted by Crippen LogP contribution is -2.52. The number of rotatable bonds is 5. The summed E-state index contributed by atoms with van der Waals surface area (Å²) >= 11 is 0. The summed E-state index contributed by atoms with van der Waals surface area (Å²) in [6.45, 7) is 1.22. The Labute approximate surface area is 189 Å².